The number of carbonyl (C=O) groups excluding carboxylic acids is 2. The van der Waals surface area contributed by atoms with Crippen molar-refractivity contribution in [3.8, 4) is 0 Å². The van der Waals surface area contributed by atoms with Gasteiger partial charge in [0.15, 0.2) is 0 Å². The van der Waals surface area contributed by atoms with Crippen LogP contribution in [-0.2, 0) is 9.59 Å². The largest absolute Gasteiger partial charge is 0.351 e. The highest BCUT2D eigenvalue weighted by Gasteiger charge is 2.33. The Kier molecular flexibility index (Phi) is 3.89. The van der Waals surface area contributed by atoms with Crippen LogP contribution in [0.4, 0.5) is 0 Å². The lowest BCUT2D eigenvalue weighted by Crippen LogP contribution is -2.34. The van der Waals surface area contributed by atoms with Gasteiger partial charge in [0.2, 0.25) is 11.8 Å². The minimum Gasteiger partial charge on any atom is -0.351 e. The molecule has 0 radical (unpaired) electrons. The van der Waals surface area contributed by atoms with Crippen molar-refractivity contribution in [1.29, 1.82) is 0 Å². The van der Waals surface area contributed by atoms with Crippen LogP contribution in [0.2, 0.25) is 0 Å². The highest BCUT2D eigenvalue weighted by Crippen LogP contribution is 2.23. The monoisotopic (exact) mass is 254 g/mol. The van der Waals surface area contributed by atoms with Crippen molar-refractivity contribution in [2.24, 2.45) is 5.92 Å². The van der Waals surface area contributed by atoms with Crippen molar-refractivity contribution in [2.75, 3.05) is 0 Å². The Balaban J connectivity index is 0.000000324. The van der Waals surface area contributed by atoms with Gasteiger partial charge in [0.05, 0.1) is 0 Å². The van der Waals surface area contributed by atoms with E-state index in [1.54, 1.807) is 0 Å². The molecule has 0 saturated carbocycles. The first-order valence-electron chi connectivity index (χ1n) is 6.35. The summed E-state index contributed by atoms with van der Waals surface area (Å²) in [5.41, 5.74) is 0.671. The van der Waals surface area contributed by atoms with Gasteiger partial charge in [0, 0.05) is 24.0 Å². The van der Waals surface area contributed by atoms with E-state index >= 15 is 0 Å². The summed E-state index contributed by atoms with van der Waals surface area (Å²) in [7, 11) is 0. The Labute approximate surface area is 111 Å². The Morgan fingerprint density at radius 3 is 1.83 bits per heavy atom. The molecule has 2 aliphatic heterocycles. The van der Waals surface area contributed by atoms with E-state index in [0.717, 1.165) is 12.8 Å². The van der Waals surface area contributed by atoms with E-state index in [2.05, 4.69) is 31.1 Å². The third kappa shape index (κ3) is 3.86. The van der Waals surface area contributed by atoms with Gasteiger partial charge in [-0.15, -0.1) is 0 Å². The van der Waals surface area contributed by atoms with Crippen LogP contribution >= 0.6 is 0 Å². The molecule has 0 aliphatic carbocycles. The van der Waals surface area contributed by atoms with Crippen molar-refractivity contribution in [1.82, 2.24) is 10.6 Å². The normalized spacial score (nSPS) is 28.3. The average Bonchev–Trinajstić information content (AvgIpc) is 2.49. The molecule has 0 aromatic carbocycles. The van der Waals surface area contributed by atoms with Crippen LogP contribution in [0.3, 0.4) is 0 Å². The number of rotatable bonds is 0. The van der Waals surface area contributed by atoms with Crippen LogP contribution in [0.15, 0.2) is 12.2 Å². The fourth-order valence-electron chi connectivity index (χ4n) is 2.42. The highest BCUT2D eigenvalue weighted by atomic mass is 16.2. The zero-order valence-corrected chi connectivity index (χ0v) is 12.0. The lowest BCUT2D eigenvalue weighted by molar-refractivity contribution is -0.122. The third-order valence-electron chi connectivity index (χ3n) is 3.15. The summed E-state index contributed by atoms with van der Waals surface area (Å²) >= 11 is 0. The number of hydrogen-bond acceptors (Lipinski definition) is 2. The highest BCUT2D eigenvalue weighted by molar-refractivity contribution is 5.96. The van der Waals surface area contributed by atoms with Crippen LogP contribution in [0, 0.1) is 5.92 Å². The predicted octanol–water partition coefficient (Wildman–Crippen LogP) is 2.01. The second-order valence-corrected chi connectivity index (χ2v) is 6.60. The van der Waals surface area contributed by atoms with Gasteiger partial charge in [-0.3, -0.25) is 9.59 Å². The maximum Gasteiger partial charge on any atom is 0.247 e. The van der Waals surface area contributed by atoms with E-state index < -0.39 is 0 Å². The van der Waals surface area contributed by atoms with Crippen LogP contribution in [0.5, 0.6) is 0 Å². The molecule has 2 saturated heterocycles. The summed E-state index contributed by atoms with van der Waals surface area (Å²) < 4.78 is 0. The van der Waals surface area contributed by atoms with E-state index in [4.69, 9.17) is 0 Å². The summed E-state index contributed by atoms with van der Waals surface area (Å²) in [6, 6.07) is 0. The van der Waals surface area contributed by atoms with Crippen LogP contribution in [0.25, 0.3) is 0 Å². The lowest BCUT2D eigenvalue weighted by Gasteiger charge is -2.15. The second-order valence-electron chi connectivity index (χ2n) is 6.60. The van der Waals surface area contributed by atoms with Crippen LogP contribution in [0.1, 0.15) is 48.9 Å². The molecule has 0 spiro atoms. The number of amides is 2. The number of hydrogen-bond donors (Lipinski definition) is 2. The molecule has 0 unspecified atom stereocenters. The molecule has 4 nitrogen and oxygen atoms in total. The molecule has 2 rings (SSSR count). The minimum atomic E-state index is -0.0613. The van der Waals surface area contributed by atoms with Crippen LogP contribution < -0.4 is 10.6 Å². The molecule has 2 N–H and O–H groups in total. The third-order valence-corrected chi connectivity index (χ3v) is 3.15. The molecule has 4 heteroatoms. The topological polar surface area (TPSA) is 58.2 Å². The predicted molar refractivity (Wildman–Crippen MR) is 74.1 cm³/mol. The van der Waals surface area contributed by atoms with Gasteiger partial charge in [-0.25, -0.2) is 0 Å². The van der Waals surface area contributed by atoms with Crippen molar-refractivity contribution in [3.63, 3.8) is 0 Å². The van der Waals surface area contributed by atoms with Crippen molar-refractivity contribution in [2.45, 2.75) is 58.5 Å². The van der Waals surface area contributed by atoms with E-state index in [0.29, 0.717) is 5.57 Å². The van der Waals surface area contributed by atoms with E-state index in [-0.39, 0.29) is 30.2 Å². The van der Waals surface area contributed by atoms with Gasteiger partial charge in [0.1, 0.15) is 0 Å². The van der Waals surface area contributed by atoms with Gasteiger partial charge in [-0.2, -0.15) is 0 Å². The molecular weight excluding hydrogens is 228 g/mol. The fraction of sp³-hybridized carbons (Fsp3) is 0.714. The van der Waals surface area contributed by atoms with E-state index in [1.165, 1.54) is 0 Å². The maximum atomic E-state index is 10.9. The Hall–Kier alpha value is -1.32. The van der Waals surface area contributed by atoms with Gasteiger partial charge in [-0.05, 0) is 40.5 Å². The first-order chi connectivity index (χ1) is 8.02. The van der Waals surface area contributed by atoms with Gasteiger partial charge in [-0.1, -0.05) is 13.5 Å². The molecule has 1 atom stereocenters. The fourth-order valence-corrected chi connectivity index (χ4v) is 2.42. The Morgan fingerprint density at radius 1 is 1.17 bits per heavy atom. The minimum absolute atomic E-state index is 0. The molecule has 2 amide bonds. The molecule has 0 aromatic heterocycles. The van der Waals surface area contributed by atoms with Gasteiger partial charge >= 0.3 is 0 Å². The second kappa shape index (κ2) is 4.75. The van der Waals surface area contributed by atoms with Crippen molar-refractivity contribution >= 4 is 11.8 Å². The Morgan fingerprint density at radius 2 is 1.72 bits per heavy atom. The maximum absolute atomic E-state index is 10.9. The van der Waals surface area contributed by atoms with Gasteiger partial charge in [0.25, 0.3) is 0 Å². The zero-order chi connectivity index (χ0) is 14.1. The SMILES string of the molecule is C=C1CC(C)(C)NC1=O.C[C@H]1CC(C)(C)NC1=O.[HH]. The van der Waals surface area contributed by atoms with E-state index in [9.17, 15) is 9.59 Å². The van der Waals surface area contributed by atoms with Crippen molar-refractivity contribution in [3.05, 3.63) is 12.2 Å². The molecular formula is C14H26N2O2. The molecule has 104 valence electrons. The van der Waals surface area contributed by atoms with Gasteiger partial charge < -0.3 is 10.6 Å². The quantitative estimate of drug-likeness (QED) is 0.650. The Bertz CT molecular complexity index is 371. The lowest BCUT2D eigenvalue weighted by atomic mass is 9.98. The standard InChI is InChI=1S/C7H13NO.C7H11NO.H2/c2*1-5-4-7(2,3)8-6(5)9;/h5H,4H2,1-3H3,(H,8,9);1,4H2,2-3H3,(H,8,9);1H/t5-;;/m0../s1. The van der Waals surface area contributed by atoms with Crippen LogP contribution in [-0.4, -0.2) is 22.9 Å². The molecule has 2 heterocycles. The number of carbonyl (C=O) groups is 2. The number of nitrogens with one attached hydrogen (secondary N) is 2. The molecule has 2 fully saturated rings. The molecule has 0 aromatic rings. The summed E-state index contributed by atoms with van der Waals surface area (Å²) in [5, 5.41) is 5.71. The average molecular weight is 254 g/mol. The summed E-state index contributed by atoms with van der Waals surface area (Å²) in [4.78, 5) is 21.7. The molecule has 0 bridgehead atoms. The summed E-state index contributed by atoms with van der Waals surface area (Å²) in [6.07, 6.45) is 1.73. The summed E-state index contributed by atoms with van der Waals surface area (Å²) in [5.74, 6) is 0.403. The van der Waals surface area contributed by atoms with E-state index in [1.807, 2.05) is 20.8 Å². The molecule has 18 heavy (non-hydrogen) atoms. The first kappa shape index (κ1) is 14.7. The molecule has 2 aliphatic rings. The smallest absolute Gasteiger partial charge is 0.247 e. The van der Waals surface area contributed by atoms with Crippen molar-refractivity contribution < 1.29 is 11.0 Å². The zero-order valence-electron chi connectivity index (χ0n) is 12.0. The summed E-state index contributed by atoms with van der Waals surface area (Å²) in [6.45, 7) is 13.7. The first-order valence-corrected chi connectivity index (χ1v) is 6.35.